The maximum Gasteiger partial charge on any atom is 0.343 e. The first-order chi connectivity index (χ1) is 12.6. The molecule has 1 unspecified atom stereocenters. The van der Waals surface area contributed by atoms with E-state index in [9.17, 15) is 9.59 Å². The summed E-state index contributed by atoms with van der Waals surface area (Å²) in [7, 11) is 0. The van der Waals surface area contributed by atoms with Crippen LogP contribution in [0, 0.1) is 18.3 Å². The molecule has 1 aromatic carbocycles. The van der Waals surface area contributed by atoms with E-state index >= 15 is 0 Å². The minimum atomic E-state index is -0.525. The maximum atomic E-state index is 12.9. The molecular formula is C19H15N3O4. The minimum absolute atomic E-state index is 0.111. The average Bonchev–Trinajstić information content (AvgIpc) is 2.63. The molecular weight excluding hydrogens is 334 g/mol. The number of aryl methyl sites for hydroxylation is 1. The summed E-state index contributed by atoms with van der Waals surface area (Å²) < 4.78 is 12.7. The number of nitriles is 1. The van der Waals surface area contributed by atoms with Crippen molar-refractivity contribution in [3.8, 4) is 17.7 Å². The standard InChI is InChI=1S/C19H15N3O4/c1-3-11-14-16(12-6-4-5-7-13(12)25-19(14)24)26-17-15(11)18(23)22(9-8-20)10(2)21-17/h4-7,11H,3,9H2,1-2H3. The predicted molar refractivity (Wildman–Crippen MR) is 93.5 cm³/mol. The van der Waals surface area contributed by atoms with Gasteiger partial charge in [0.15, 0.2) is 5.75 Å². The van der Waals surface area contributed by atoms with E-state index in [0.717, 1.165) is 0 Å². The second-order valence-corrected chi connectivity index (χ2v) is 6.12. The molecule has 3 aromatic rings. The monoisotopic (exact) mass is 349 g/mol. The van der Waals surface area contributed by atoms with Crippen molar-refractivity contribution < 1.29 is 9.15 Å². The van der Waals surface area contributed by atoms with Gasteiger partial charge in [0.05, 0.1) is 22.6 Å². The van der Waals surface area contributed by atoms with Crippen molar-refractivity contribution in [2.24, 2.45) is 0 Å². The first-order valence-electron chi connectivity index (χ1n) is 8.28. The predicted octanol–water partition coefficient (Wildman–Crippen LogP) is 2.83. The number of nitrogens with zero attached hydrogens (tertiary/aromatic N) is 3. The van der Waals surface area contributed by atoms with E-state index in [1.807, 2.05) is 19.1 Å². The first kappa shape index (κ1) is 16.1. The summed E-state index contributed by atoms with van der Waals surface area (Å²) in [5.41, 5.74) is 0.152. The highest BCUT2D eigenvalue weighted by atomic mass is 16.5. The van der Waals surface area contributed by atoms with Gasteiger partial charge in [0.1, 0.15) is 18.0 Å². The van der Waals surface area contributed by atoms with Crippen molar-refractivity contribution in [1.29, 1.82) is 5.26 Å². The number of fused-ring (bicyclic) bond motifs is 4. The van der Waals surface area contributed by atoms with Gasteiger partial charge in [0.25, 0.3) is 5.56 Å². The van der Waals surface area contributed by atoms with E-state index in [-0.39, 0.29) is 18.0 Å². The van der Waals surface area contributed by atoms with Gasteiger partial charge >= 0.3 is 5.63 Å². The molecule has 1 aliphatic heterocycles. The van der Waals surface area contributed by atoms with Crippen molar-refractivity contribution >= 4 is 11.0 Å². The van der Waals surface area contributed by atoms with E-state index in [1.54, 1.807) is 25.1 Å². The summed E-state index contributed by atoms with van der Waals surface area (Å²) in [5.74, 6) is 0.471. The van der Waals surface area contributed by atoms with Crippen LogP contribution in [-0.4, -0.2) is 9.55 Å². The Balaban J connectivity index is 2.07. The summed E-state index contributed by atoms with van der Waals surface area (Å²) in [6, 6.07) is 9.06. The summed E-state index contributed by atoms with van der Waals surface area (Å²) in [5, 5.41) is 9.64. The highest BCUT2D eigenvalue weighted by Gasteiger charge is 2.35. The number of benzene rings is 1. The second kappa shape index (κ2) is 5.85. The summed E-state index contributed by atoms with van der Waals surface area (Å²) in [6.45, 7) is 3.42. The lowest BCUT2D eigenvalue weighted by Gasteiger charge is -2.26. The lowest BCUT2D eigenvalue weighted by molar-refractivity contribution is 0.404. The molecule has 0 fully saturated rings. The van der Waals surface area contributed by atoms with Gasteiger partial charge in [-0.3, -0.25) is 9.36 Å². The van der Waals surface area contributed by atoms with Crippen LogP contribution in [0.5, 0.6) is 11.6 Å². The Labute approximate surface area is 148 Å². The van der Waals surface area contributed by atoms with Crippen molar-refractivity contribution in [3.05, 3.63) is 62.0 Å². The number of hydrogen-bond donors (Lipinski definition) is 0. The first-order valence-corrected chi connectivity index (χ1v) is 8.28. The molecule has 0 amide bonds. The minimum Gasteiger partial charge on any atom is -0.437 e. The van der Waals surface area contributed by atoms with E-state index in [0.29, 0.717) is 40.1 Å². The largest absolute Gasteiger partial charge is 0.437 e. The number of hydrogen-bond acceptors (Lipinski definition) is 6. The van der Waals surface area contributed by atoms with Crippen LogP contribution >= 0.6 is 0 Å². The van der Waals surface area contributed by atoms with Crippen LogP contribution in [0.4, 0.5) is 0 Å². The van der Waals surface area contributed by atoms with Gasteiger partial charge in [-0.15, -0.1) is 0 Å². The van der Waals surface area contributed by atoms with Gasteiger partial charge in [-0.1, -0.05) is 19.1 Å². The molecule has 2 aromatic heterocycles. The molecule has 7 heteroatoms. The molecule has 0 aliphatic carbocycles. The molecule has 0 spiro atoms. The lowest BCUT2D eigenvalue weighted by atomic mass is 9.88. The number of aromatic nitrogens is 2. The maximum absolute atomic E-state index is 12.9. The Morgan fingerprint density at radius 2 is 2.04 bits per heavy atom. The molecule has 0 radical (unpaired) electrons. The molecule has 130 valence electrons. The van der Waals surface area contributed by atoms with E-state index in [2.05, 4.69) is 4.98 Å². The van der Waals surface area contributed by atoms with Gasteiger partial charge in [0, 0.05) is 5.92 Å². The zero-order chi connectivity index (χ0) is 18.4. The summed E-state index contributed by atoms with van der Waals surface area (Å²) >= 11 is 0. The van der Waals surface area contributed by atoms with Crippen LogP contribution in [0.1, 0.15) is 36.2 Å². The van der Waals surface area contributed by atoms with Crippen LogP contribution in [0.3, 0.4) is 0 Å². The van der Waals surface area contributed by atoms with Crippen LogP contribution in [0.25, 0.3) is 11.0 Å². The molecule has 1 aliphatic rings. The van der Waals surface area contributed by atoms with Crippen molar-refractivity contribution in [1.82, 2.24) is 9.55 Å². The van der Waals surface area contributed by atoms with Crippen LogP contribution in [0.15, 0.2) is 38.3 Å². The third-order valence-corrected chi connectivity index (χ3v) is 4.69. The third kappa shape index (κ3) is 2.15. The Bertz CT molecular complexity index is 1200. The number of para-hydroxylation sites is 1. The fourth-order valence-corrected chi connectivity index (χ4v) is 3.48. The zero-order valence-electron chi connectivity index (χ0n) is 14.3. The second-order valence-electron chi connectivity index (χ2n) is 6.12. The third-order valence-electron chi connectivity index (χ3n) is 4.69. The van der Waals surface area contributed by atoms with Gasteiger partial charge in [-0.2, -0.15) is 10.2 Å². The Hall–Kier alpha value is -3.40. The van der Waals surface area contributed by atoms with Crippen molar-refractivity contribution in [2.75, 3.05) is 0 Å². The summed E-state index contributed by atoms with van der Waals surface area (Å²) in [6.07, 6.45) is 0.499. The number of rotatable bonds is 2. The van der Waals surface area contributed by atoms with Crippen molar-refractivity contribution in [2.45, 2.75) is 32.7 Å². The fraction of sp³-hybridized carbons (Fsp3) is 0.263. The van der Waals surface area contributed by atoms with E-state index in [4.69, 9.17) is 14.4 Å². The van der Waals surface area contributed by atoms with Crippen LogP contribution in [0.2, 0.25) is 0 Å². The van der Waals surface area contributed by atoms with Gasteiger partial charge < -0.3 is 9.15 Å². The van der Waals surface area contributed by atoms with Gasteiger partial charge in [-0.25, -0.2) is 4.79 Å². The quantitative estimate of drug-likeness (QED) is 0.660. The highest BCUT2D eigenvalue weighted by Crippen LogP contribution is 2.44. The molecule has 7 nitrogen and oxygen atoms in total. The Kier molecular flexibility index (Phi) is 3.62. The smallest absolute Gasteiger partial charge is 0.343 e. The molecule has 3 heterocycles. The highest BCUT2D eigenvalue weighted by molar-refractivity contribution is 5.85. The molecule has 0 N–H and O–H groups in total. The van der Waals surface area contributed by atoms with E-state index < -0.39 is 11.5 Å². The zero-order valence-corrected chi connectivity index (χ0v) is 14.3. The molecule has 26 heavy (non-hydrogen) atoms. The number of ether oxygens (including phenoxy) is 1. The van der Waals surface area contributed by atoms with E-state index in [1.165, 1.54) is 4.57 Å². The van der Waals surface area contributed by atoms with Crippen LogP contribution in [-0.2, 0) is 6.54 Å². The Morgan fingerprint density at radius 1 is 1.27 bits per heavy atom. The van der Waals surface area contributed by atoms with Crippen LogP contribution < -0.4 is 15.9 Å². The molecule has 1 atom stereocenters. The topological polar surface area (TPSA) is 98.1 Å². The fourth-order valence-electron chi connectivity index (χ4n) is 3.48. The van der Waals surface area contributed by atoms with Gasteiger partial charge in [0.2, 0.25) is 5.88 Å². The molecule has 0 bridgehead atoms. The molecule has 0 saturated heterocycles. The summed E-state index contributed by atoms with van der Waals surface area (Å²) in [4.78, 5) is 29.9. The lowest BCUT2D eigenvalue weighted by Crippen LogP contribution is -2.32. The normalized spacial score (nSPS) is 15.0. The average molecular weight is 349 g/mol. The molecule has 4 rings (SSSR count). The van der Waals surface area contributed by atoms with Crippen molar-refractivity contribution in [3.63, 3.8) is 0 Å². The van der Waals surface area contributed by atoms with Gasteiger partial charge in [-0.05, 0) is 25.5 Å². The molecule has 0 saturated carbocycles. The SMILES string of the molecule is CCC1c2c(c3ccccc3oc2=O)Oc2nc(C)n(CC#N)c(=O)c21. The Morgan fingerprint density at radius 3 is 2.77 bits per heavy atom.